The van der Waals surface area contributed by atoms with Gasteiger partial charge in [0.1, 0.15) is 5.84 Å². The van der Waals surface area contributed by atoms with E-state index in [9.17, 15) is 0 Å². The van der Waals surface area contributed by atoms with Crippen molar-refractivity contribution >= 4 is 28.6 Å². The summed E-state index contributed by atoms with van der Waals surface area (Å²) in [4.78, 5) is 5.47. The van der Waals surface area contributed by atoms with Crippen molar-refractivity contribution in [3.05, 3.63) is 89.0 Å². The number of hydrogen-bond donors (Lipinski definition) is 2. The molecule has 0 aromatic heterocycles. The van der Waals surface area contributed by atoms with E-state index in [1.165, 1.54) is 16.7 Å². The van der Waals surface area contributed by atoms with Crippen LogP contribution in [0.1, 0.15) is 23.1 Å². The lowest BCUT2D eigenvalue weighted by atomic mass is 10.0. The van der Waals surface area contributed by atoms with Crippen LogP contribution < -0.4 is 11.1 Å². The number of aliphatic imine (C=N–C) groups is 1. The van der Waals surface area contributed by atoms with E-state index in [1.807, 2.05) is 24.3 Å². The molecular weight excluding hydrogens is 350 g/mol. The molecule has 4 rings (SSSR count). The molecule has 1 atom stereocenters. The van der Waals surface area contributed by atoms with Crippen LogP contribution in [0.3, 0.4) is 0 Å². The second kappa shape index (κ2) is 7.99. The lowest BCUT2D eigenvalue weighted by molar-refractivity contribution is 0.533. The highest BCUT2D eigenvalue weighted by Crippen LogP contribution is 2.27. The number of nitrogens with zero attached hydrogens (tertiary/aromatic N) is 1. The van der Waals surface area contributed by atoms with Gasteiger partial charge in [0, 0.05) is 29.4 Å². The molecule has 0 radical (unpaired) electrons. The highest BCUT2D eigenvalue weighted by atomic mass is 32.1. The van der Waals surface area contributed by atoms with Crippen LogP contribution in [0.25, 0.3) is 0 Å². The van der Waals surface area contributed by atoms with Crippen LogP contribution in [0.5, 0.6) is 0 Å². The van der Waals surface area contributed by atoms with Gasteiger partial charge in [-0.25, -0.2) is 4.99 Å². The molecule has 0 spiro atoms. The number of rotatable bonds is 5. The Morgan fingerprint density at radius 2 is 1.93 bits per heavy atom. The molecule has 0 aliphatic heterocycles. The minimum atomic E-state index is 0.468. The van der Waals surface area contributed by atoms with Gasteiger partial charge in [-0.1, -0.05) is 66.8 Å². The van der Waals surface area contributed by atoms with E-state index in [0.717, 1.165) is 41.9 Å². The fourth-order valence-electron chi connectivity index (χ4n) is 3.65. The van der Waals surface area contributed by atoms with Crippen LogP contribution in [-0.4, -0.2) is 16.7 Å². The van der Waals surface area contributed by atoms with Gasteiger partial charge in [0.15, 0.2) is 0 Å². The van der Waals surface area contributed by atoms with Crippen LogP contribution in [0.4, 0.5) is 5.69 Å². The predicted molar refractivity (Wildman–Crippen MR) is 117 cm³/mol. The normalized spacial score (nSPS) is 19.1. The quantitative estimate of drug-likeness (QED) is 0.469. The third-order valence-electron chi connectivity index (χ3n) is 5.09. The van der Waals surface area contributed by atoms with Gasteiger partial charge >= 0.3 is 0 Å². The molecule has 2 aromatic carbocycles. The molecule has 2 aliphatic carbocycles. The molecule has 0 saturated heterocycles. The SMILES string of the molecule is NC(=Nc1ccc2c(c1)CC(NCc1ccccc1)C2)C1=CC=CCC1=S. The molecule has 4 heteroatoms. The number of nitrogens with two attached hydrogens (primary N) is 1. The first kappa shape index (κ1) is 17.8. The zero-order valence-electron chi connectivity index (χ0n) is 15.2. The first-order valence-electron chi connectivity index (χ1n) is 9.33. The Morgan fingerprint density at radius 3 is 2.74 bits per heavy atom. The maximum atomic E-state index is 6.20. The molecule has 0 fully saturated rings. The lowest BCUT2D eigenvalue weighted by Crippen LogP contribution is -2.28. The van der Waals surface area contributed by atoms with Crippen molar-refractivity contribution in [2.45, 2.75) is 31.8 Å². The van der Waals surface area contributed by atoms with E-state index in [2.05, 4.69) is 52.8 Å². The lowest BCUT2D eigenvalue weighted by Gasteiger charge is -2.11. The smallest absolute Gasteiger partial charge is 0.132 e. The van der Waals surface area contributed by atoms with E-state index in [1.54, 1.807) is 0 Å². The second-order valence-electron chi connectivity index (χ2n) is 7.06. The van der Waals surface area contributed by atoms with E-state index >= 15 is 0 Å². The Hall–Kier alpha value is -2.56. The molecule has 0 bridgehead atoms. The molecule has 0 saturated carbocycles. The number of amidine groups is 1. The maximum absolute atomic E-state index is 6.20. The van der Waals surface area contributed by atoms with Crippen molar-refractivity contribution in [3.63, 3.8) is 0 Å². The molecular formula is C23H23N3S. The van der Waals surface area contributed by atoms with Crippen molar-refractivity contribution in [2.75, 3.05) is 0 Å². The Balaban J connectivity index is 1.43. The summed E-state index contributed by atoms with van der Waals surface area (Å²) in [5.74, 6) is 0.501. The van der Waals surface area contributed by atoms with Crippen molar-refractivity contribution in [2.24, 2.45) is 10.7 Å². The third kappa shape index (κ3) is 4.24. The molecule has 3 N–H and O–H groups in total. The van der Waals surface area contributed by atoms with Crippen LogP contribution in [-0.2, 0) is 19.4 Å². The van der Waals surface area contributed by atoms with Crippen LogP contribution in [0.15, 0.2) is 77.3 Å². The zero-order valence-corrected chi connectivity index (χ0v) is 16.0. The molecule has 2 aromatic rings. The van der Waals surface area contributed by atoms with Crippen LogP contribution in [0.2, 0.25) is 0 Å². The second-order valence-corrected chi connectivity index (χ2v) is 7.55. The van der Waals surface area contributed by atoms with Crippen molar-refractivity contribution in [1.82, 2.24) is 5.32 Å². The monoisotopic (exact) mass is 373 g/mol. The van der Waals surface area contributed by atoms with Gasteiger partial charge < -0.3 is 11.1 Å². The van der Waals surface area contributed by atoms with Crippen LogP contribution >= 0.6 is 12.2 Å². The van der Waals surface area contributed by atoms with E-state index in [0.29, 0.717) is 11.9 Å². The Morgan fingerprint density at radius 1 is 1.11 bits per heavy atom. The minimum absolute atomic E-state index is 0.468. The average molecular weight is 374 g/mol. The molecule has 3 nitrogen and oxygen atoms in total. The third-order valence-corrected chi connectivity index (χ3v) is 5.47. The summed E-state index contributed by atoms with van der Waals surface area (Å²) in [5, 5.41) is 3.67. The summed E-state index contributed by atoms with van der Waals surface area (Å²) in [6.45, 7) is 0.899. The number of fused-ring (bicyclic) bond motifs is 1. The van der Waals surface area contributed by atoms with Gasteiger partial charge in [0.2, 0.25) is 0 Å². The van der Waals surface area contributed by atoms with E-state index in [-0.39, 0.29) is 0 Å². The number of thiocarbonyl (C=S) groups is 1. The molecule has 1 unspecified atom stereocenters. The summed E-state index contributed by atoms with van der Waals surface area (Å²) in [7, 11) is 0. The van der Waals surface area contributed by atoms with Gasteiger partial charge in [0.25, 0.3) is 0 Å². The summed E-state index contributed by atoms with van der Waals surface area (Å²) >= 11 is 5.40. The van der Waals surface area contributed by atoms with Gasteiger partial charge in [-0.15, -0.1) is 0 Å². The van der Waals surface area contributed by atoms with Gasteiger partial charge in [-0.2, -0.15) is 0 Å². The molecule has 2 aliphatic rings. The first-order valence-corrected chi connectivity index (χ1v) is 9.73. The fourth-order valence-corrected chi connectivity index (χ4v) is 3.92. The fraction of sp³-hybridized carbons (Fsp3) is 0.217. The largest absolute Gasteiger partial charge is 0.383 e. The molecule has 27 heavy (non-hydrogen) atoms. The Kier molecular flexibility index (Phi) is 5.28. The number of nitrogens with one attached hydrogen (secondary N) is 1. The number of hydrogen-bond acceptors (Lipinski definition) is 3. The highest BCUT2D eigenvalue weighted by Gasteiger charge is 2.21. The average Bonchev–Trinajstić information content (AvgIpc) is 3.10. The van der Waals surface area contributed by atoms with E-state index in [4.69, 9.17) is 18.0 Å². The molecule has 136 valence electrons. The summed E-state index contributed by atoms with van der Waals surface area (Å²) in [6, 6.07) is 17.4. The van der Waals surface area contributed by atoms with Gasteiger partial charge in [-0.05, 0) is 41.7 Å². The number of benzene rings is 2. The Bertz CT molecular complexity index is 941. The standard InChI is InChI=1S/C23H23N3S/c24-23(21-8-4-5-9-22(21)27)26-19-11-10-17-12-20(14-18(17)13-19)25-15-16-6-2-1-3-7-16/h1-8,10-11,13,20,25H,9,12,14-15H2,(H2,24,26). The van der Waals surface area contributed by atoms with E-state index < -0.39 is 0 Å². The summed E-state index contributed by atoms with van der Waals surface area (Å²) in [6.07, 6.45) is 8.81. The van der Waals surface area contributed by atoms with Gasteiger partial charge in [-0.3, -0.25) is 0 Å². The zero-order chi connectivity index (χ0) is 18.6. The topological polar surface area (TPSA) is 50.4 Å². The summed E-state index contributed by atoms with van der Waals surface area (Å²) in [5.41, 5.74) is 12.0. The Labute approximate surface area is 165 Å². The highest BCUT2D eigenvalue weighted by molar-refractivity contribution is 7.81. The van der Waals surface area contributed by atoms with Crippen molar-refractivity contribution < 1.29 is 0 Å². The number of allylic oxidation sites excluding steroid dienone is 3. The van der Waals surface area contributed by atoms with Crippen LogP contribution in [0, 0.1) is 0 Å². The van der Waals surface area contributed by atoms with Crippen molar-refractivity contribution in [3.8, 4) is 0 Å². The molecule has 0 amide bonds. The summed E-state index contributed by atoms with van der Waals surface area (Å²) < 4.78 is 0. The molecule has 0 heterocycles. The van der Waals surface area contributed by atoms with Crippen molar-refractivity contribution in [1.29, 1.82) is 0 Å². The predicted octanol–water partition coefficient (Wildman–Crippen LogP) is 4.19. The minimum Gasteiger partial charge on any atom is -0.383 e. The maximum Gasteiger partial charge on any atom is 0.132 e. The van der Waals surface area contributed by atoms with Gasteiger partial charge in [0.05, 0.1) is 5.69 Å². The first-order chi connectivity index (χ1) is 13.2.